The highest BCUT2D eigenvalue weighted by Gasteiger charge is 2.20. The second-order valence-corrected chi connectivity index (χ2v) is 5.90. The summed E-state index contributed by atoms with van der Waals surface area (Å²) in [7, 11) is 1.09. The maximum absolute atomic E-state index is 12.4. The number of carbonyl (C=O) groups excluding carboxylic acids is 1. The second-order valence-electron chi connectivity index (χ2n) is 4.95. The van der Waals surface area contributed by atoms with E-state index in [9.17, 15) is 19.7 Å². The molecule has 0 aliphatic heterocycles. The Balaban J connectivity index is 1.99. The van der Waals surface area contributed by atoms with Crippen LogP contribution in [0.1, 0.15) is 16.1 Å². The van der Waals surface area contributed by atoms with Crippen LogP contribution >= 0.6 is 11.3 Å². The lowest BCUT2D eigenvalue weighted by Crippen LogP contribution is -2.27. The Labute approximate surface area is 144 Å². The number of esters is 1. The van der Waals surface area contributed by atoms with Crippen molar-refractivity contribution in [2.75, 3.05) is 7.11 Å². The molecule has 128 valence electrons. The first-order valence-corrected chi connectivity index (χ1v) is 7.84. The third-order valence-corrected chi connectivity index (χ3v) is 4.23. The minimum absolute atomic E-state index is 0.0839. The number of ether oxygens (including phenoxy) is 1. The molecular formula is C15H11N3O6S. The first kappa shape index (κ1) is 16.6. The van der Waals surface area contributed by atoms with E-state index < -0.39 is 27.7 Å². The van der Waals surface area contributed by atoms with Gasteiger partial charge in [0, 0.05) is 12.1 Å². The zero-order valence-electron chi connectivity index (χ0n) is 12.9. The third kappa shape index (κ3) is 3.33. The van der Waals surface area contributed by atoms with Crippen LogP contribution in [0.15, 0.2) is 45.2 Å². The van der Waals surface area contributed by atoms with E-state index in [4.69, 9.17) is 4.52 Å². The fourth-order valence-corrected chi connectivity index (χ4v) is 2.86. The normalized spacial score (nSPS) is 10.6. The molecule has 0 spiro atoms. The van der Waals surface area contributed by atoms with Crippen molar-refractivity contribution in [1.29, 1.82) is 0 Å². The van der Waals surface area contributed by atoms with Gasteiger partial charge in [0.25, 0.3) is 11.2 Å². The van der Waals surface area contributed by atoms with Gasteiger partial charge in [-0.25, -0.2) is 4.79 Å². The van der Waals surface area contributed by atoms with Crippen LogP contribution in [0.5, 0.6) is 0 Å². The quantitative estimate of drug-likeness (QED) is 0.389. The Hall–Kier alpha value is -3.27. The molecule has 0 aliphatic carbocycles. The largest absolute Gasteiger partial charge is 0.465 e. The maximum atomic E-state index is 12.4. The van der Waals surface area contributed by atoms with E-state index >= 15 is 0 Å². The monoisotopic (exact) mass is 361 g/mol. The summed E-state index contributed by atoms with van der Waals surface area (Å²) >= 11 is 1.46. The van der Waals surface area contributed by atoms with Crippen molar-refractivity contribution in [3.8, 4) is 10.6 Å². The molecule has 0 amide bonds. The van der Waals surface area contributed by atoms with Gasteiger partial charge >= 0.3 is 5.97 Å². The number of pyridine rings is 1. The Morgan fingerprint density at radius 1 is 1.48 bits per heavy atom. The number of nitrogens with zero attached hydrogens (tertiary/aromatic N) is 3. The number of thiophene rings is 1. The van der Waals surface area contributed by atoms with Crippen LogP contribution in [0.3, 0.4) is 0 Å². The summed E-state index contributed by atoms with van der Waals surface area (Å²) < 4.78 is 10.7. The average Bonchev–Trinajstić information content (AvgIpc) is 3.27. The first-order chi connectivity index (χ1) is 12.0. The number of carbonyl (C=O) groups is 1. The van der Waals surface area contributed by atoms with Gasteiger partial charge in [-0.1, -0.05) is 11.2 Å². The number of rotatable bonds is 5. The van der Waals surface area contributed by atoms with Crippen molar-refractivity contribution in [2.45, 2.75) is 6.54 Å². The number of hydrogen-bond donors (Lipinski definition) is 0. The van der Waals surface area contributed by atoms with Gasteiger partial charge in [0.15, 0.2) is 5.76 Å². The minimum Gasteiger partial charge on any atom is -0.465 e. The van der Waals surface area contributed by atoms with Crippen LogP contribution in [-0.2, 0) is 11.3 Å². The van der Waals surface area contributed by atoms with Crippen LogP contribution in [0.25, 0.3) is 10.6 Å². The molecule has 9 nitrogen and oxygen atoms in total. The molecule has 0 aromatic carbocycles. The van der Waals surface area contributed by atoms with Crippen molar-refractivity contribution in [1.82, 2.24) is 9.72 Å². The highest BCUT2D eigenvalue weighted by Crippen LogP contribution is 2.25. The van der Waals surface area contributed by atoms with Gasteiger partial charge in [0.05, 0.1) is 29.7 Å². The van der Waals surface area contributed by atoms with Gasteiger partial charge in [-0.15, -0.1) is 11.3 Å². The smallest absolute Gasteiger partial charge is 0.343 e. The number of hydrogen-bond acceptors (Lipinski definition) is 8. The molecule has 0 radical (unpaired) electrons. The van der Waals surface area contributed by atoms with E-state index in [1.54, 1.807) is 6.07 Å². The van der Waals surface area contributed by atoms with Gasteiger partial charge in [0.2, 0.25) is 0 Å². The molecule has 3 aromatic heterocycles. The zero-order chi connectivity index (χ0) is 18.0. The van der Waals surface area contributed by atoms with E-state index in [0.29, 0.717) is 11.5 Å². The van der Waals surface area contributed by atoms with Crippen molar-refractivity contribution in [3.05, 3.63) is 67.6 Å². The summed E-state index contributed by atoms with van der Waals surface area (Å²) in [5.41, 5.74) is -1.14. The van der Waals surface area contributed by atoms with Gasteiger partial charge in [0.1, 0.15) is 11.3 Å². The first-order valence-electron chi connectivity index (χ1n) is 6.96. The maximum Gasteiger partial charge on any atom is 0.343 e. The summed E-state index contributed by atoms with van der Waals surface area (Å²) in [6, 6.07) is 6.24. The lowest BCUT2D eigenvalue weighted by Gasteiger charge is -2.05. The molecule has 3 rings (SSSR count). The standard InChI is InChI=1S/C15H11N3O6S/c1-23-15(20)11-6-10(18(21)22)8-17(14(11)19)7-9-5-12(24-16-9)13-3-2-4-25-13/h2-6,8H,7H2,1H3. The lowest BCUT2D eigenvalue weighted by molar-refractivity contribution is -0.385. The van der Waals surface area contributed by atoms with Crippen LogP contribution in [0.2, 0.25) is 0 Å². The Kier molecular flexibility index (Phi) is 4.44. The zero-order valence-corrected chi connectivity index (χ0v) is 13.7. The van der Waals surface area contributed by atoms with Gasteiger partial charge in [-0.05, 0) is 11.4 Å². The van der Waals surface area contributed by atoms with Gasteiger partial charge in [-0.2, -0.15) is 0 Å². The molecule has 0 N–H and O–H groups in total. The van der Waals surface area contributed by atoms with Crippen molar-refractivity contribution < 1.29 is 19.0 Å². The molecule has 0 saturated carbocycles. The summed E-state index contributed by atoms with van der Waals surface area (Å²) in [6.45, 7) is -0.0839. The SMILES string of the molecule is COC(=O)c1cc([N+](=O)[O-])cn(Cc2cc(-c3cccs3)on2)c1=O. The predicted octanol–water partition coefficient (Wildman–Crippen LogP) is 2.31. The molecule has 0 saturated heterocycles. The Morgan fingerprint density at radius 2 is 2.28 bits per heavy atom. The van der Waals surface area contributed by atoms with Crippen LogP contribution in [-0.4, -0.2) is 27.7 Å². The minimum atomic E-state index is -0.943. The summed E-state index contributed by atoms with van der Waals surface area (Å²) in [4.78, 5) is 35.3. The van der Waals surface area contributed by atoms with E-state index in [0.717, 1.165) is 28.8 Å². The van der Waals surface area contributed by atoms with Gasteiger partial charge in [-0.3, -0.25) is 14.9 Å². The molecule has 0 unspecified atom stereocenters. The van der Waals surface area contributed by atoms with E-state index in [1.165, 1.54) is 11.3 Å². The third-order valence-electron chi connectivity index (χ3n) is 3.34. The van der Waals surface area contributed by atoms with Gasteiger partial charge < -0.3 is 13.8 Å². The van der Waals surface area contributed by atoms with E-state index in [-0.39, 0.29) is 6.54 Å². The number of nitro groups is 1. The highest BCUT2D eigenvalue weighted by atomic mass is 32.1. The van der Waals surface area contributed by atoms with E-state index in [2.05, 4.69) is 9.89 Å². The highest BCUT2D eigenvalue weighted by molar-refractivity contribution is 7.13. The average molecular weight is 361 g/mol. The molecule has 0 aliphatic rings. The van der Waals surface area contributed by atoms with Crippen molar-refractivity contribution >= 4 is 23.0 Å². The summed E-state index contributed by atoms with van der Waals surface area (Å²) in [6.07, 6.45) is 1.05. The molecule has 3 aromatic rings. The molecule has 0 bridgehead atoms. The van der Waals surface area contributed by atoms with Crippen LogP contribution in [0.4, 0.5) is 5.69 Å². The molecule has 0 fully saturated rings. The molecule has 3 heterocycles. The number of aromatic nitrogens is 2. The summed E-state index contributed by atoms with van der Waals surface area (Å²) in [5.74, 6) is -0.418. The summed E-state index contributed by atoms with van der Waals surface area (Å²) in [5, 5.41) is 16.8. The fraction of sp³-hybridized carbons (Fsp3) is 0.133. The lowest BCUT2D eigenvalue weighted by atomic mass is 10.2. The molecule has 0 atom stereocenters. The second kappa shape index (κ2) is 6.69. The van der Waals surface area contributed by atoms with Crippen LogP contribution in [0, 0.1) is 10.1 Å². The van der Waals surface area contributed by atoms with Crippen molar-refractivity contribution in [3.63, 3.8) is 0 Å². The predicted molar refractivity (Wildman–Crippen MR) is 87.6 cm³/mol. The molecule has 25 heavy (non-hydrogen) atoms. The topological polar surface area (TPSA) is 117 Å². The van der Waals surface area contributed by atoms with Crippen molar-refractivity contribution in [2.24, 2.45) is 0 Å². The fourth-order valence-electron chi connectivity index (χ4n) is 2.19. The Morgan fingerprint density at radius 3 is 2.92 bits per heavy atom. The Bertz CT molecular complexity index is 989. The van der Waals surface area contributed by atoms with E-state index in [1.807, 2.05) is 17.5 Å². The molecular weight excluding hydrogens is 350 g/mol. The number of methoxy groups -OCH3 is 1. The van der Waals surface area contributed by atoms with Crippen LogP contribution < -0.4 is 5.56 Å². The molecule has 10 heteroatoms.